The first-order chi connectivity index (χ1) is 13.7. The van der Waals surface area contributed by atoms with Gasteiger partial charge < -0.3 is 14.8 Å². The number of carboxylic acid groups (broad SMARTS) is 1. The largest absolute Gasteiger partial charge is 0.481 e. The third kappa shape index (κ3) is 3.92. The minimum absolute atomic E-state index is 0.0458. The van der Waals surface area contributed by atoms with Crippen molar-refractivity contribution in [3.05, 3.63) is 58.2 Å². The summed E-state index contributed by atoms with van der Waals surface area (Å²) in [5.74, 6) is -1.10. The number of rotatable bonds is 5. The Morgan fingerprint density at radius 2 is 2.00 bits per heavy atom. The molecule has 1 heterocycles. The van der Waals surface area contributed by atoms with Crippen LogP contribution in [0.3, 0.4) is 0 Å². The van der Waals surface area contributed by atoms with Crippen LogP contribution in [0.5, 0.6) is 11.5 Å². The maximum atomic E-state index is 13.6. The van der Waals surface area contributed by atoms with Gasteiger partial charge in [0.25, 0.3) is 0 Å². The van der Waals surface area contributed by atoms with E-state index in [4.69, 9.17) is 21.4 Å². The molecule has 0 bridgehead atoms. The molecule has 1 aliphatic carbocycles. The van der Waals surface area contributed by atoms with Crippen LogP contribution in [0.15, 0.2) is 36.5 Å². The normalized spacial score (nSPS) is 14.8. The molecule has 0 amide bonds. The van der Waals surface area contributed by atoms with Gasteiger partial charge in [-0.2, -0.15) is 13.2 Å². The lowest BCUT2D eigenvalue weighted by molar-refractivity contribution is -0.139. The molecule has 8 heteroatoms. The third-order valence-electron chi connectivity index (χ3n) is 5.21. The van der Waals surface area contributed by atoms with E-state index in [9.17, 15) is 18.0 Å². The zero-order valence-corrected chi connectivity index (χ0v) is 15.9. The molecule has 0 spiro atoms. The maximum Gasteiger partial charge on any atom is 0.420 e. The summed E-state index contributed by atoms with van der Waals surface area (Å²) in [6, 6.07) is 7.00. The van der Waals surface area contributed by atoms with E-state index in [0.717, 1.165) is 35.4 Å². The highest BCUT2D eigenvalue weighted by Gasteiger charge is 2.36. The molecule has 3 aromatic rings. The van der Waals surface area contributed by atoms with Crippen molar-refractivity contribution >= 4 is 28.5 Å². The Bertz CT molecular complexity index is 1090. The van der Waals surface area contributed by atoms with Gasteiger partial charge in [0.2, 0.25) is 0 Å². The predicted molar refractivity (Wildman–Crippen MR) is 103 cm³/mol. The number of H-pyrrole nitrogens is 1. The molecule has 2 aromatic carbocycles. The minimum atomic E-state index is -4.75. The topological polar surface area (TPSA) is 62.3 Å². The fourth-order valence-corrected chi connectivity index (χ4v) is 3.88. The van der Waals surface area contributed by atoms with Crippen molar-refractivity contribution in [1.82, 2.24) is 4.98 Å². The van der Waals surface area contributed by atoms with Crippen LogP contribution in [0.2, 0.25) is 5.02 Å². The molecule has 1 fully saturated rings. The predicted octanol–water partition coefficient (Wildman–Crippen LogP) is 6.53. The number of benzene rings is 2. The fraction of sp³-hybridized carbons (Fsp3) is 0.286. The zero-order chi connectivity index (χ0) is 20.8. The fourth-order valence-electron chi connectivity index (χ4n) is 3.60. The number of halogens is 4. The van der Waals surface area contributed by atoms with Gasteiger partial charge in [0.15, 0.2) is 5.75 Å². The smallest absolute Gasteiger partial charge is 0.420 e. The number of carbonyl (C=O) groups is 1. The second kappa shape index (κ2) is 7.30. The lowest BCUT2D eigenvalue weighted by Gasteiger charge is -2.25. The Morgan fingerprint density at radius 3 is 2.62 bits per heavy atom. The van der Waals surface area contributed by atoms with Gasteiger partial charge in [-0.05, 0) is 60.2 Å². The standard InChI is InChI=1S/C21H17ClF3NO3/c22-17-7-11(8-19(27)28)6-16(21(23,24)25)20(17)29-13-4-5-18-14(9-13)15(10-26-18)12-2-1-3-12/h4-7,9-10,12,26H,1-3,8H2,(H,27,28). The van der Waals surface area contributed by atoms with E-state index in [-0.39, 0.29) is 16.3 Å². The van der Waals surface area contributed by atoms with Crippen LogP contribution in [0.25, 0.3) is 10.9 Å². The summed E-state index contributed by atoms with van der Waals surface area (Å²) in [7, 11) is 0. The second-order valence-electron chi connectivity index (χ2n) is 7.20. The summed E-state index contributed by atoms with van der Waals surface area (Å²) in [4.78, 5) is 14.1. The van der Waals surface area contributed by atoms with Crippen molar-refractivity contribution in [2.45, 2.75) is 37.8 Å². The Balaban J connectivity index is 1.74. The average Bonchev–Trinajstić information content (AvgIpc) is 2.97. The number of aromatic nitrogens is 1. The van der Waals surface area contributed by atoms with Gasteiger partial charge in [0.05, 0.1) is 17.0 Å². The van der Waals surface area contributed by atoms with E-state index in [1.807, 2.05) is 6.20 Å². The zero-order valence-electron chi connectivity index (χ0n) is 15.1. The Kier molecular flexibility index (Phi) is 4.94. The Labute approximate surface area is 169 Å². The SMILES string of the molecule is O=C(O)Cc1cc(Cl)c(Oc2ccc3[nH]cc(C4CCC4)c3c2)c(C(F)(F)F)c1. The quantitative estimate of drug-likeness (QED) is 0.490. The van der Waals surface area contributed by atoms with Gasteiger partial charge in [-0.25, -0.2) is 0 Å². The average molecular weight is 424 g/mol. The molecule has 1 saturated carbocycles. The van der Waals surface area contributed by atoms with Crippen molar-refractivity contribution in [1.29, 1.82) is 0 Å². The molecule has 1 aromatic heterocycles. The van der Waals surface area contributed by atoms with Crippen molar-refractivity contribution in [3.8, 4) is 11.5 Å². The number of hydrogen-bond donors (Lipinski definition) is 2. The van der Waals surface area contributed by atoms with Crippen LogP contribution in [-0.2, 0) is 17.4 Å². The van der Waals surface area contributed by atoms with Gasteiger partial charge in [-0.1, -0.05) is 18.0 Å². The van der Waals surface area contributed by atoms with Gasteiger partial charge in [-0.3, -0.25) is 4.79 Å². The summed E-state index contributed by atoms with van der Waals surface area (Å²) < 4.78 is 46.3. The van der Waals surface area contributed by atoms with Crippen LogP contribution in [0, 0.1) is 0 Å². The summed E-state index contributed by atoms with van der Waals surface area (Å²) in [6.07, 6.45) is -0.0278. The summed E-state index contributed by atoms with van der Waals surface area (Å²) in [5.41, 5.74) is 0.874. The minimum Gasteiger partial charge on any atom is -0.481 e. The highest BCUT2D eigenvalue weighted by Crippen LogP contribution is 2.44. The number of nitrogens with one attached hydrogen (secondary N) is 1. The van der Waals surface area contributed by atoms with E-state index in [2.05, 4.69) is 4.98 Å². The van der Waals surface area contributed by atoms with Crippen molar-refractivity contribution in [2.75, 3.05) is 0 Å². The molecule has 4 nitrogen and oxygen atoms in total. The first-order valence-electron chi connectivity index (χ1n) is 9.12. The van der Waals surface area contributed by atoms with Crippen LogP contribution < -0.4 is 4.74 Å². The number of aliphatic carboxylic acids is 1. The number of aromatic amines is 1. The molecule has 4 rings (SSSR count). The van der Waals surface area contributed by atoms with Crippen LogP contribution in [0.1, 0.15) is 41.9 Å². The molecular weight excluding hydrogens is 407 g/mol. The summed E-state index contributed by atoms with van der Waals surface area (Å²) in [6.45, 7) is 0. The highest BCUT2D eigenvalue weighted by molar-refractivity contribution is 6.32. The van der Waals surface area contributed by atoms with Gasteiger partial charge in [-0.15, -0.1) is 0 Å². The number of ether oxygens (including phenoxy) is 1. The number of hydrogen-bond acceptors (Lipinski definition) is 2. The van der Waals surface area contributed by atoms with Crippen LogP contribution in [0.4, 0.5) is 13.2 Å². The molecule has 29 heavy (non-hydrogen) atoms. The van der Waals surface area contributed by atoms with E-state index >= 15 is 0 Å². The molecule has 0 aliphatic heterocycles. The van der Waals surface area contributed by atoms with Gasteiger partial charge in [0, 0.05) is 17.1 Å². The van der Waals surface area contributed by atoms with Crippen molar-refractivity contribution in [2.24, 2.45) is 0 Å². The summed E-state index contributed by atoms with van der Waals surface area (Å²) >= 11 is 6.06. The lowest BCUT2D eigenvalue weighted by atomic mass is 9.80. The summed E-state index contributed by atoms with van der Waals surface area (Å²) in [5, 5.41) is 9.50. The molecular formula is C21H17ClF3NO3. The molecule has 2 N–H and O–H groups in total. The molecule has 0 radical (unpaired) electrons. The Morgan fingerprint density at radius 1 is 1.24 bits per heavy atom. The van der Waals surface area contributed by atoms with Crippen molar-refractivity contribution in [3.63, 3.8) is 0 Å². The Hall–Kier alpha value is -2.67. The van der Waals surface area contributed by atoms with Crippen LogP contribution in [-0.4, -0.2) is 16.1 Å². The van der Waals surface area contributed by atoms with E-state index in [0.29, 0.717) is 5.92 Å². The molecule has 0 saturated heterocycles. The number of alkyl halides is 3. The van der Waals surface area contributed by atoms with Crippen molar-refractivity contribution < 1.29 is 27.8 Å². The monoisotopic (exact) mass is 423 g/mol. The van der Waals surface area contributed by atoms with Crippen LogP contribution >= 0.6 is 11.6 Å². The van der Waals surface area contributed by atoms with E-state index in [1.54, 1.807) is 18.2 Å². The lowest BCUT2D eigenvalue weighted by Crippen LogP contribution is -2.10. The van der Waals surface area contributed by atoms with E-state index < -0.39 is 29.9 Å². The number of fused-ring (bicyclic) bond motifs is 1. The first kappa shape index (κ1) is 19.6. The molecule has 0 unspecified atom stereocenters. The van der Waals surface area contributed by atoms with Gasteiger partial charge >= 0.3 is 12.1 Å². The number of carboxylic acids is 1. The molecule has 1 aliphatic rings. The molecule has 0 atom stereocenters. The maximum absolute atomic E-state index is 13.6. The first-order valence-corrected chi connectivity index (χ1v) is 9.50. The third-order valence-corrected chi connectivity index (χ3v) is 5.50. The highest BCUT2D eigenvalue weighted by atomic mass is 35.5. The molecule has 152 valence electrons. The van der Waals surface area contributed by atoms with E-state index in [1.165, 1.54) is 12.5 Å². The second-order valence-corrected chi connectivity index (χ2v) is 7.61. The van der Waals surface area contributed by atoms with Gasteiger partial charge in [0.1, 0.15) is 5.75 Å².